The molecule has 3 rings (SSSR count). The van der Waals surface area contributed by atoms with Crippen LogP contribution >= 0.6 is 11.6 Å². The summed E-state index contributed by atoms with van der Waals surface area (Å²) in [4.78, 5) is 28.0. The van der Waals surface area contributed by atoms with Gasteiger partial charge in [-0.2, -0.15) is 0 Å². The number of ether oxygens (including phenoxy) is 1. The number of amides is 1. The average Bonchev–Trinajstić information content (AvgIpc) is 2.68. The molecule has 0 aliphatic heterocycles. The summed E-state index contributed by atoms with van der Waals surface area (Å²) in [7, 11) is 0. The number of carboxylic acids is 1. The molecule has 1 aliphatic carbocycles. The zero-order valence-corrected chi connectivity index (χ0v) is 15.2. The Morgan fingerprint density at radius 3 is 2.63 bits per heavy atom. The van der Waals surface area contributed by atoms with Gasteiger partial charge in [0, 0.05) is 11.9 Å². The van der Waals surface area contributed by atoms with Crippen LogP contribution in [0.5, 0.6) is 5.75 Å². The predicted molar refractivity (Wildman–Crippen MR) is 102 cm³/mol. The summed E-state index contributed by atoms with van der Waals surface area (Å²) in [6, 6.07) is 10.5. The van der Waals surface area contributed by atoms with E-state index in [4.69, 9.17) is 16.3 Å². The standard InChI is InChI=1S/C20H19ClN2O4/c21-17-11-13(8-9-18(17)27-12-14-5-3-4-10-22-14)23-19(24)15-6-1-2-7-16(15)20(25)26/h1-5,8-11,15-16H,6-7,12H2,(H,23,24)(H,25,26)/t15-,16+/m1/s1. The molecule has 6 nitrogen and oxygen atoms in total. The summed E-state index contributed by atoms with van der Waals surface area (Å²) < 4.78 is 5.65. The van der Waals surface area contributed by atoms with Crippen molar-refractivity contribution in [3.05, 3.63) is 65.5 Å². The summed E-state index contributed by atoms with van der Waals surface area (Å²) in [6.07, 6.45) is 6.08. The molecule has 0 saturated heterocycles. The highest BCUT2D eigenvalue weighted by Gasteiger charge is 2.33. The maximum absolute atomic E-state index is 12.5. The number of aromatic nitrogens is 1. The van der Waals surface area contributed by atoms with E-state index in [0.717, 1.165) is 5.69 Å². The van der Waals surface area contributed by atoms with Crippen molar-refractivity contribution >= 4 is 29.2 Å². The van der Waals surface area contributed by atoms with Crippen LogP contribution in [-0.4, -0.2) is 22.0 Å². The number of allylic oxidation sites excluding steroid dienone is 2. The fourth-order valence-corrected chi connectivity index (χ4v) is 3.18. The van der Waals surface area contributed by atoms with Crippen molar-refractivity contribution in [1.29, 1.82) is 0 Å². The molecule has 0 fully saturated rings. The van der Waals surface area contributed by atoms with Gasteiger partial charge in [-0.15, -0.1) is 0 Å². The van der Waals surface area contributed by atoms with Crippen LogP contribution in [0.15, 0.2) is 54.7 Å². The number of carbonyl (C=O) groups excluding carboxylic acids is 1. The van der Waals surface area contributed by atoms with Crippen LogP contribution in [-0.2, 0) is 16.2 Å². The lowest BCUT2D eigenvalue weighted by atomic mass is 9.82. The molecular formula is C20H19ClN2O4. The number of aliphatic carboxylic acids is 1. The van der Waals surface area contributed by atoms with E-state index >= 15 is 0 Å². The van der Waals surface area contributed by atoms with Gasteiger partial charge in [-0.25, -0.2) is 0 Å². The molecule has 2 aromatic rings. The molecule has 0 spiro atoms. The van der Waals surface area contributed by atoms with Gasteiger partial charge in [0.1, 0.15) is 12.4 Å². The highest BCUT2D eigenvalue weighted by atomic mass is 35.5. The van der Waals surface area contributed by atoms with Crippen molar-refractivity contribution in [2.75, 3.05) is 5.32 Å². The van der Waals surface area contributed by atoms with E-state index in [1.807, 2.05) is 24.3 Å². The summed E-state index contributed by atoms with van der Waals surface area (Å²) in [5, 5.41) is 12.4. The fraction of sp³-hybridized carbons (Fsp3) is 0.250. The average molecular weight is 387 g/mol. The normalized spacial score (nSPS) is 18.7. The van der Waals surface area contributed by atoms with Crippen LogP contribution in [0.25, 0.3) is 0 Å². The molecule has 1 amide bonds. The van der Waals surface area contributed by atoms with Crippen molar-refractivity contribution in [3.8, 4) is 5.75 Å². The summed E-state index contributed by atoms with van der Waals surface area (Å²) in [6.45, 7) is 0.279. The fourth-order valence-electron chi connectivity index (χ4n) is 2.94. The minimum atomic E-state index is -0.962. The number of halogens is 1. The van der Waals surface area contributed by atoms with Gasteiger partial charge in [0.2, 0.25) is 5.91 Å². The molecule has 0 saturated carbocycles. The van der Waals surface area contributed by atoms with Crippen LogP contribution in [0.2, 0.25) is 5.02 Å². The molecule has 7 heteroatoms. The Morgan fingerprint density at radius 2 is 1.96 bits per heavy atom. The Labute approximate surface area is 161 Å². The lowest BCUT2D eigenvalue weighted by Crippen LogP contribution is -2.34. The van der Waals surface area contributed by atoms with Crippen molar-refractivity contribution in [3.63, 3.8) is 0 Å². The molecule has 1 aliphatic rings. The molecule has 140 valence electrons. The molecular weight excluding hydrogens is 368 g/mol. The Balaban J connectivity index is 1.64. The van der Waals surface area contributed by atoms with Gasteiger partial charge in [0.15, 0.2) is 0 Å². The first-order valence-corrected chi connectivity index (χ1v) is 8.93. The van der Waals surface area contributed by atoms with Gasteiger partial charge >= 0.3 is 5.97 Å². The lowest BCUT2D eigenvalue weighted by molar-refractivity contribution is -0.146. The minimum Gasteiger partial charge on any atom is -0.486 e. The van der Waals surface area contributed by atoms with E-state index in [1.54, 1.807) is 30.5 Å². The summed E-state index contributed by atoms with van der Waals surface area (Å²) in [5.41, 5.74) is 1.27. The first-order chi connectivity index (χ1) is 13.0. The lowest BCUT2D eigenvalue weighted by Gasteiger charge is -2.24. The maximum atomic E-state index is 12.5. The van der Waals surface area contributed by atoms with Crippen molar-refractivity contribution < 1.29 is 19.4 Å². The third-order valence-corrected chi connectivity index (χ3v) is 4.68. The third kappa shape index (κ3) is 4.86. The van der Waals surface area contributed by atoms with Gasteiger partial charge in [0.25, 0.3) is 0 Å². The van der Waals surface area contributed by atoms with Crippen LogP contribution in [0, 0.1) is 11.8 Å². The highest BCUT2D eigenvalue weighted by molar-refractivity contribution is 6.32. The zero-order chi connectivity index (χ0) is 19.2. The third-order valence-electron chi connectivity index (χ3n) is 4.39. The van der Waals surface area contributed by atoms with Gasteiger partial charge < -0.3 is 15.2 Å². The van der Waals surface area contributed by atoms with Crippen molar-refractivity contribution in [2.24, 2.45) is 11.8 Å². The SMILES string of the molecule is O=C(O)[C@H]1CC=CC[C@H]1C(=O)Nc1ccc(OCc2ccccn2)c(Cl)c1. The Kier molecular flexibility index (Phi) is 6.08. The number of pyridine rings is 1. The molecule has 2 N–H and O–H groups in total. The summed E-state index contributed by atoms with van der Waals surface area (Å²) in [5.74, 6) is -2.14. The number of nitrogens with zero attached hydrogens (tertiary/aromatic N) is 1. The highest BCUT2D eigenvalue weighted by Crippen LogP contribution is 2.30. The Bertz CT molecular complexity index is 854. The van der Waals surface area contributed by atoms with E-state index in [0.29, 0.717) is 29.3 Å². The quantitative estimate of drug-likeness (QED) is 0.734. The molecule has 2 atom stereocenters. The topological polar surface area (TPSA) is 88.5 Å². The Hall–Kier alpha value is -2.86. The molecule has 27 heavy (non-hydrogen) atoms. The van der Waals surface area contributed by atoms with Crippen LogP contribution in [0.4, 0.5) is 5.69 Å². The van der Waals surface area contributed by atoms with E-state index < -0.39 is 17.8 Å². The van der Waals surface area contributed by atoms with Gasteiger partial charge in [-0.3, -0.25) is 14.6 Å². The first kappa shape index (κ1) is 18.9. The molecule has 0 unspecified atom stereocenters. The number of benzene rings is 1. The molecule has 0 bridgehead atoms. The number of carboxylic acid groups (broad SMARTS) is 1. The Morgan fingerprint density at radius 1 is 1.19 bits per heavy atom. The van der Waals surface area contributed by atoms with Crippen molar-refractivity contribution in [1.82, 2.24) is 4.98 Å². The molecule has 1 aromatic heterocycles. The predicted octanol–water partition coefficient (Wildman–Crippen LogP) is 3.92. The largest absolute Gasteiger partial charge is 0.486 e. The van der Waals surface area contributed by atoms with Gasteiger partial charge in [0.05, 0.1) is 22.6 Å². The van der Waals surface area contributed by atoms with Crippen LogP contribution < -0.4 is 10.1 Å². The van der Waals surface area contributed by atoms with Crippen molar-refractivity contribution in [2.45, 2.75) is 19.4 Å². The first-order valence-electron chi connectivity index (χ1n) is 8.55. The number of carbonyl (C=O) groups is 2. The number of hydrogen-bond acceptors (Lipinski definition) is 4. The molecule has 1 aromatic carbocycles. The van der Waals surface area contributed by atoms with Gasteiger partial charge in [-0.05, 0) is 43.2 Å². The second-order valence-electron chi connectivity index (χ2n) is 6.24. The van der Waals surface area contributed by atoms with E-state index in [2.05, 4.69) is 10.3 Å². The van der Waals surface area contributed by atoms with E-state index in [-0.39, 0.29) is 12.5 Å². The second kappa shape index (κ2) is 8.68. The molecule has 0 radical (unpaired) electrons. The number of nitrogens with one attached hydrogen (secondary N) is 1. The maximum Gasteiger partial charge on any atom is 0.307 e. The monoisotopic (exact) mass is 386 g/mol. The smallest absolute Gasteiger partial charge is 0.307 e. The number of anilines is 1. The van der Waals surface area contributed by atoms with E-state index in [9.17, 15) is 14.7 Å². The van der Waals surface area contributed by atoms with Gasteiger partial charge in [-0.1, -0.05) is 29.8 Å². The zero-order valence-electron chi connectivity index (χ0n) is 14.5. The number of rotatable bonds is 6. The number of hydrogen-bond donors (Lipinski definition) is 2. The minimum absolute atomic E-state index is 0.279. The molecule has 1 heterocycles. The second-order valence-corrected chi connectivity index (χ2v) is 6.65. The summed E-state index contributed by atoms with van der Waals surface area (Å²) >= 11 is 6.24. The van der Waals surface area contributed by atoms with Crippen LogP contribution in [0.3, 0.4) is 0 Å². The van der Waals surface area contributed by atoms with Crippen LogP contribution in [0.1, 0.15) is 18.5 Å². The van der Waals surface area contributed by atoms with E-state index in [1.165, 1.54) is 0 Å².